The van der Waals surface area contributed by atoms with E-state index in [0.717, 1.165) is 35.5 Å². The molecule has 1 aromatic heterocycles. The van der Waals surface area contributed by atoms with Crippen LogP contribution in [0, 0.1) is 6.92 Å². The summed E-state index contributed by atoms with van der Waals surface area (Å²) < 4.78 is 16.5. The molecule has 10 heteroatoms. The Labute approximate surface area is 236 Å². The molecule has 1 N–H and O–H groups in total. The number of hydrogen-bond acceptors (Lipinski definition) is 9. The van der Waals surface area contributed by atoms with Gasteiger partial charge in [0, 0.05) is 12.0 Å². The van der Waals surface area contributed by atoms with Gasteiger partial charge in [-0.2, -0.15) is 0 Å². The molecule has 208 valence electrons. The number of carbonyl (C=O) groups excluding carboxylic acids is 3. The molecule has 0 aliphatic carbocycles. The van der Waals surface area contributed by atoms with Crippen LogP contribution in [0.25, 0.3) is 5.76 Å². The lowest BCUT2D eigenvalue weighted by molar-refractivity contribution is -0.132. The average molecular weight is 563 g/mol. The molecule has 3 aromatic rings. The number of aromatic nitrogens is 1. The molecule has 2 aromatic carbocycles. The summed E-state index contributed by atoms with van der Waals surface area (Å²) in [6, 6.07) is 11.3. The van der Waals surface area contributed by atoms with E-state index < -0.39 is 23.7 Å². The van der Waals surface area contributed by atoms with Crippen LogP contribution in [0.15, 0.2) is 48.0 Å². The topological polar surface area (TPSA) is 115 Å². The minimum absolute atomic E-state index is 0.00516. The van der Waals surface area contributed by atoms with Gasteiger partial charge in [-0.15, -0.1) is 0 Å². The Morgan fingerprint density at radius 3 is 2.77 bits per heavy atom. The summed E-state index contributed by atoms with van der Waals surface area (Å²) in [5.74, 6) is -1.29. The fourth-order valence-electron chi connectivity index (χ4n) is 4.95. The highest BCUT2D eigenvalue weighted by Gasteiger charge is 2.48. The minimum Gasteiger partial charge on any atom is -0.507 e. The minimum atomic E-state index is -1.01. The van der Waals surface area contributed by atoms with Crippen LogP contribution in [0.3, 0.4) is 0 Å². The van der Waals surface area contributed by atoms with Crippen molar-refractivity contribution in [3.8, 4) is 11.5 Å². The third kappa shape index (κ3) is 4.95. The van der Waals surface area contributed by atoms with Crippen molar-refractivity contribution >= 4 is 39.9 Å². The smallest absolute Gasteiger partial charge is 0.350 e. The zero-order valence-electron chi connectivity index (χ0n) is 22.7. The number of Topliss-reactive ketones (excluding diaryl/α,β-unsaturated/α-hetero) is 1. The van der Waals surface area contributed by atoms with Crippen LogP contribution in [0.4, 0.5) is 5.13 Å². The number of ether oxygens (including phenoxy) is 3. The summed E-state index contributed by atoms with van der Waals surface area (Å²) >= 11 is 0.956. The predicted molar refractivity (Wildman–Crippen MR) is 150 cm³/mol. The predicted octanol–water partition coefficient (Wildman–Crippen LogP) is 5.37. The maximum atomic E-state index is 13.6. The van der Waals surface area contributed by atoms with Crippen molar-refractivity contribution in [3.63, 3.8) is 0 Å². The first-order valence-electron chi connectivity index (χ1n) is 13.1. The molecule has 0 saturated carbocycles. The number of benzene rings is 2. The maximum Gasteiger partial charge on any atom is 0.350 e. The SMILES string of the molecule is CCCCOc1cccc([C@@H]2C(=C(O)c3ccc4c(c3)C[C@@H](C)O4)C(=O)C(=O)N2c2nc(C)c(C(=O)OC)s2)c1. The van der Waals surface area contributed by atoms with E-state index in [2.05, 4.69) is 11.9 Å². The van der Waals surface area contributed by atoms with Crippen molar-refractivity contribution in [2.24, 2.45) is 0 Å². The Morgan fingerprint density at radius 1 is 1.23 bits per heavy atom. The molecule has 1 saturated heterocycles. The number of ketones is 1. The Bertz CT molecular complexity index is 1530. The molecule has 3 heterocycles. The Hall–Kier alpha value is -4.18. The fourth-order valence-corrected chi connectivity index (χ4v) is 5.96. The lowest BCUT2D eigenvalue weighted by Crippen LogP contribution is -2.29. The van der Waals surface area contributed by atoms with Gasteiger partial charge in [0.15, 0.2) is 5.13 Å². The van der Waals surface area contributed by atoms with E-state index >= 15 is 0 Å². The average Bonchev–Trinajstić information content (AvgIpc) is 3.59. The molecule has 9 nitrogen and oxygen atoms in total. The normalized spacial score (nSPS) is 19.4. The summed E-state index contributed by atoms with van der Waals surface area (Å²) in [5.41, 5.74) is 2.17. The van der Waals surface area contributed by atoms with E-state index in [1.807, 2.05) is 6.92 Å². The molecule has 0 radical (unpaired) electrons. The Balaban J connectivity index is 1.65. The van der Waals surface area contributed by atoms with E-state index in [1.165, 1.54) is 12.0 Å². The van der Waals surface area contributed by atoms with Crippen molar-refractivity contribution in [1.82, 2.24) is 4.98 Å². The number of carbonyl (C=O) groups is 3. The fraction of sp³-hybridized carbons (Fsp3) is 0.333. The van der Waals surface area contributed by atoms with Crippen molar-refractivity contribution in [1.29, 1.82) is 0 Å². The second-order valence-electron chi connectivity index (χ2n) is 9.80. The second-order valence-corrected chi connectivity index (χ2v) is 10.8. The molecule has 2 aliphatic rings. The van der Waals surface area contributed by atoms with Gasteiger partial charge in [-0.25, -0.2) is 9.78 Å². The van der Waals surface area contributed by atoms with Gasteiger partial charge in [-0.1, -0.05) is 36.8 Å². The molecule has 2 aliphatic heterocycles. The molecule has 2 atom stereocenters. The van der Waals surface area contributed by atoms with Gasteiger partial charge < -0.3 is 19.3 Å². The van der Waals surface area contributed by atoms with Crippen LogP contribution in [-0.4, -0.2) is 47.6 Å². The van der Waals surface area contributed by atoms with Gasteiger partial charge in [0.1, 0.15) is 28.2 Å². The number of anilines is 1. The number of methoxy groups -OCH3 is 1. The number of hydrogen-bond donors (Lipinski definition) is 1. The first-order chi connectivity index (χ1) is 19.2. The third-order valence-electron chi connectivity index (χ3n) is 6.92. The quantitative estimate of drug-likeness (QED) is 0.128. The van der Waals surface area contributed by atoms with Gasteiger partial charge in [-0.05, 0) is 61.7 Å². The zero-order valence-corrected chi connectivity index (χ0v) is 23.5. The molecular formula is C30H30N2O7S. The highest BCUT2D eigenvalue weighted by atomic mass is 32.1. The van der Waals surface area contributed by atoms with Crippen LogP contribution in [0.1, 0.15) is 64.8 Å². The van der Waals surface area contributed by atoms with Crippen molar-refractivity contribution in [2.45, 2.75) is 52.2 Å². The monoisotopic (exact) mass is 562 g/mol. The third-order valence-corrected chi connectivity index (χ3v) is 8.05. The van der Waals surface area contributed by atoms with E-state index in [-0.39, 0.29) is 27.4 Å². The molecule has 40 heavy (non-hydrogen) atoms. The van der Waals surface area contributed by atoms with E-state index in [0.29, 0.717) is 35.6 Å². The van der Waals surface area contributed by atoms with Gasteiger partial charge in [0.05, 0.1) is 31.0 Å². The zero-order chi connectivity index (χ0) is 28.6. The molecule has 0 spiro atoms. The summed E-state index contributed by atoms with van der Waals surface area (Å²) in [6.45, 7) is 6.18. The first-order valence-corrected chi connectivity index (χ1v) is 13.9. The number of unbranched alkanes of at least 4 members (excludes halogenated alkanes) is 1. The van der Waals surface area contributed by atoms with E-state index in [1.54, 1.807) is 49.4 Å². The number of esters is 1. The number of aryl methyl sites for hydroxylation is 1. The number of fused-ring (bicyclic) bond motifs is 1. The van der Waals surface area contributed by atoms with Crippen molar-refractivity contribution in [2.75, 3.05) is 18.6 Å². The van der Waals surface area contributed by atoms with Crippen LogP contribution < -0.4 is 14.4 Å². The Kier molecular flexibility index (Phi) is 7.62. The summed E-state index contributed by atoms with van der Waals surface area (Å²) in [7, 11) is 1.26. The van der Waals surface area contributed by atoms with Crippen LogP contribution in [0.2, 0.25) is 0 Å². The van der Waals surface area contributed by atoms with Crippen LogP contribution in [-0.2, 0) is 20.7 Å². The van der Waals surface area contributed by atoms with E-state index in [9.17, 15) is 19.5 Å². The van der Waals surface area contributed by atoms with Crippen molar-refractivity contribution < 1.29 is 33.7 Å². The number of nitrogens with zero attached hydrogens (tertiary/aromatic N) is 2. The summed E-state index contributed by atoms with van der Waals surface area (Å²) in [6.07, 6.45) is 2.51. The molecule has 0 unspecified atom stereocenters. The number of thiazole rings is 1. The molecule has 1 amide bonds. The highest BCUT2D eigenvalue weighted by molar-refractivity contribution is 7.17. The number of amides is 1. The van der Waals surface area contributed by atoms with Gasteiger partial charge in [0.25, 0.3) is 5.78 Å². The number of rotatable bonds is 8. The van der Waals surface area contributed by atoms with Crippen molar-refractivity contribution in [3.05, 3.63) is 75.3 Å². The first kappa shape index (κ1) is 27.4. The molecule has 5 rings (SSSR count). The lowest BCUT2D eigenvalue weighted by Gasteiger charge is -2.23. The summed E-state index contributed by atoms with van der Waals surface area (Å²) in [4.78, 5) is 45.3. The maximum absolute atomic E-state index is 13.6. The second kappa shape index (κ2) is 11.1. The standard InChI is InChI=1S/C30H30N2O7S/c1-5-6-12-38-21-9-7-8-18(15-21)24-23(25(33)19-10-11-22-20(14-19)13-16(2)39-22)26(34)28(35)32(24)30-31-17(3)27(40-30)29(36)37-4/h7-11,14-16,24,33H,5-6,12-13H2,1-4H3/t16-,24-/m1/s1. The van der Waals surface area contributed by atoms with Gasteiger partial charge in [-0.3, -0.25) is 14.5 Å². The highest BCUT2D eigenvalue weighted by Crippen LogP contribution is 2.45. The van der Waals surface area contributed by atoms with Crippen LogP contribution in [0.5, 0.6) is 11.5 Å². The van der Waals surface area contributed by atoms with Gasteiger partial charge in [0.2, 0.25) is 0 Å². The molecule has 1 fully saturated rings. The Morgan fingerprint density at radius 2 is 2.02 bits per heavy atom. The lowest BCUT2D eigenvalue weighted by atomic mass is 9.94. The van der Waals surface area contributed by atoms with E-state index in [4.69, 9.17) is 14.2 Å². The molecular weight excluding hydrogens is 532 g/mol. The van der Waals surface area contributed by atoms with Crippen LogP contribution >= 0.6 is 11.3 Å². The number of aliphatic hydroxyl groups excluding tert-OH is 1. The summed E-state index contributed by atoms with van der Waals surface area (Å²) in [5, 5.41) is 11.7. The number of aliphatic hydroxyl groups is 1. The van der Waals surface area contributed by atoms with Gasteiger partial charge >= 0.3 is 11.9 Å². The largest absolute Gasteiger partial charge is 0.507 e. The molecule has 0 bridgehead atoms.